The molecule has 0 aromatic heterocycles. The first kappa shape index (κ1) is 26.7. The molecule has 9 nitrogen and oxygen atoms in total. The van der Waals surface area contributed by atoms with Crippen LogP contribution < -0.4 is 10.3 Å². The summed E-state index contributed by atoms with van der Waals surface area (Å²) in [5, 5.41) is 16.5. The summed E-state index contributed by atoms with van der Waals surface area (Å²) in [5.74, 6) is -3.70. The van der Waals surface area contributed by atoms with Gasteiger partial charge in [0, 0.05) is 23.2 Å². The molecule has 4 aromatic rings. The number of halogens is 1. The second kappa shape index (κ2) is 9.99. The molecule has 1 N–H and O–H groups in total. The van der Waals surface area contributed by atoms with Crippen molar-refractivity contribution in [3.05, 3.63) is 140 Å². The molecule has 2 atom stereocenters. The molecule has 0 radical (unpaired) electrons. The fourth-order valence-electron chi connectivity index (χ4n) is 7.15. The monoisotopic (exact) mass is 590 g/mol. The second-order valence-corrected chi connectivity index (χ2v) is 11.3. The molecule has 8 rings (SSSR count). The molecule has 3 aliphatic carbocycles. The highest BCUT2D eigenvalue weighted by atomic mass is 35.5. The van der Waals surface area contributed by atoms with Crippen LogP contribution in [0.1, 0.15) is 33.7 Å². The first-order chi connectivity index (χ1) is 20.8. The van der Waals surface area contributed by atoms with Crippen LogP contribution in [0.25, 0.3) is 0 Å². The molecule has 212 valence electrons. The second-order valence-electron chi connectivity index (χ2n) is 10.9. The number of amides is 3. The van der Waals surface area contributed by atoms with Crippen molar-refractivity contribution in [1.29, 1.82) is 0 Å². The normalized spacial score (nSPS) is 23.2. The molecule has 1 fully saturated rings. The fourth-order valence-corrected chi connectivity index (χ4v) is 7.31. The summed E-state index contributed by atoms with van der Waals surface area (Å²) in [6.45, 7) is 0. The van der Waals surface area contributed by atoms with Crippen molar-refractivity contribution < 1.29 is 19.3 Å². The number of nitrogens with zero attached hydrogens (tertiary/aromatic N) is 3. The van der Waals surface area contributed by atoms with E-state index in [9.17, 15) is 24.5 Å². The first-order valence-corrected chi connectivity index (χ1v) is 14.1. The zero-order valence-corrected chi connectivity index (χ0v) is 23.3. The summed E-state index contributed by atoms with van der Waals surface area (Å²) in [5.41, 5.74) is 4.98. The first-order valence-electron chi connectivity index (χ1n) is 13.7. The molecule has 10 heteroatoms. The molecule has 4 aliphatic rings. The molecule has 4 aromatic carbocycles. The van der Waals surface area contributed by atoms with Crippen LogP contribution in [-0.2, 0) is 26.2 Å². The third kappa shape index (κ3) is 3.92. The minimum Gasteiger partial charge on any atom is -0.274 e. The van der Waals surface area contributed by atoms with E-state index in [1.165, 1.54) is 12.1 Å². The van der Waals surface area contributed by atoms with Gasteiger partial charge in [-0.15, -0.1) is 0 Å². The quantitative estimate of drug-likeness (QED) is 0.144. The Kier molecular flexibility index (Phi) is 6.21. The van der Waals surface area contributed by atoms with Crippen molar-refractivity contribution in [2.75, 3.05) is 4.90 Å². The van der Waals surface area contributed by atoms with E-state index in [1.54, 1.807) is 6.21 Å². The Hall–Kier alpha value is -5.15. The van der Waals surface area contributed by atoms with Gasteiger partial charge in [0.2, 0.25) is 17.7 Å². The number of benzene rings is 4. The Morgan fingerprint density at radius 1 is 0.930 bits per heavy atom. The Labute approximate surface area is 250 Å². The SMILES string of the molecule is O=C(Cc1ccccc1)N/N=C\C12c3ccccc3C(c3ccccc31)[C@H]1C(=O)N(c3ccc(Cl)cc3[N+](=O)[O-])C(=O)[C@@H]12. The maximum Gasteiger partial charge on any atom is 0.294 e. The van der Waals surface area contributed by atoms with Crippen molar-refractivity contribution in [3.63, 3.8) is 0 Å². The van der Waals surface area contributed by atoms with Gasteiger partial charge in [0.1, 0.15) is 5.69 Å². The van der Waals surface area contributed by atoms with Crippen LogP contribution in [0.15, 0.2) is 102 Å². The number of rotatable bonds is 6. The minimum absolute atomic E-state index is 0.109. The highest BCUT2D eigenvalue weighted by Crippen LogP contribution is 2.64. The molecule has 3 amide bonds. The number of nitrogens with one attached hydrogen (secondary N) is 1. The number of hydrogen-bond donors (Lipinski definition) is 1. The van der Waals surface area contributed by atoms with E-state index >= 15 is 0 Å². The Balaban J connectivity index is 1.38. The van der Waals surface area contributed by atoms with Gasteiger partial charge in [0.25, 0.3) is 5.69 Å². The van der Waals surface area contributed by atoms with Crippen LogP contribution in [0.4, 0.5) is 11.4 Å². The van der Waals surface area contributed by atoms with Crippen molar-refractivity contribution >= 4 is 46.9 Å². The zero-order valence-electron chi connectivity index (χ0n) is 22.5. The lowest BCUT2D eigenvalue weighted by atomic mass is 9.47. The molecular formula is C33H23ClN4O5. The maximum absolute atomic E-state index is 14.5. The van der Waals surface area contributed by atoms with Gasteiger partial charge < -0.3 is 0 Å². The average molecular weight is 591 g/mol. The Bertz CT molecular complexity index is 1830. The fraction of sp³-hybridized carbons (Fsp3) is 0.152. The van der Waals surface area contributed by atoms with Crippen LogP contribution in [0.5, 0.6) is 0 Å². The number of hydrazone groups is 1. The van der Waals surface area contributed by atoms with E-state index in [1.807, 2.05) is 78.9 Å². The third-order valence-electron chi connectivity index (χ3n) is 8.72. The number of carbonyl (C=O) groups excluding carboxylic acids is 3. The summed E-state index contributed by atoms with van der Waals surface area (Å²) in [6, 6.07) is 28.3. The summed E-state index contributed by atoms with van der Waals surface area (Å²) in [7, 11) is 0. The molecule has 1 heterocycles. The van der Waals surface area contributed by atoms with Crippen molar-refractivity contribution in [2.24, 2.45) is 16.9 Å². The van der Waals surface area contributed by atoms with E-state index in [-0.39, 0.29) is 23.0 Å². The molecular weight excluding hydrogens is 568 g/mol. The lowest BCUT2D eigenvalue weighted by molar-refractivity contribution is -0.384. The lowest BCUT2D eigenvalue weighted by Crippen LogP contribution is -2.54. The van der Waals surface area contributed by atoms with Crippen LogP contribution >= 0.6 is 11.6 Å². The minimum atomic E-state index is -1.23. The average Bonchev–Trinajstić information content (AvgIpc) is 3.28. The number of imide groups is 1. The van der Waals surface area contributed by atoms with E-state index < -0.39 is 45.6 Å². The number of anilines is 1. The van der Waals surface area contributed by atoms with Gasteiger partial charge in [-0.05, 0) is 39.9 Å². The predicted octanol–water partition coefficient (Wildman–Crippen LogP) is 5.14. The third-order valence-corrected chi connectivity index (χ3v) is 8.96. The van der Waals surface area contributed by atoms with Crippen LogP contribution in [0, 0.1) is 22.0 Å². The zero-order chi connectivity index (χ0) is 29.9. The molecule has 2 bridgehead atoms. The van der Waals surface area contributed by atoms with Crippen molar-refractivity contribution in [3.8, 4) is 0 Å². The summed E-state index contributed by atoms with van der Waals surface area (Å²) < 4.78 is 0. The van der Waals surface area contributed by atoms with Crippen molar-refractivity contribution in [2.45, 2.75) is 17.8 Å². The van der Waals surface area contributed by atoms with Gasteiger partial charge in [-0.1, -0.05) is 90.5 Å². The number of carbonyl (C=O) groups is 3. The molecule has 0 saturated carbocycles. The van der Waals surface area contributed by atoms with Crippen LogP contribution in [0.3, 0.4) is 0 Å². The molecule has 43 heavy (non-hydrogen) atoms. The Morgan fingerprint density at radius 2 is 1.56 bits per heavy atom. The highest BCUT2D eigenvalue weighted by Gasteiger charge is 2.68. The number of nitro benzene ring substituents is 1. The summed E-state index contributed by atoms with van der Waals surface area (Å²) in [4.78, 5) is 53.9. The maximum atomic E-state index is 14.5. The number of nitro groups is 1. The van der Waals surface area contributed by atoms with Crippen molar-refractivity contribution in [1.82, 2.24) is 5.43 Å². The van der Waals surface area contributed by atoms with E-state index in [0.717, 1.165) is 38.8 Å². The van der Waals surface area contributed by atoms with Gasteiger partial charge in [-0.25, -0.2) is 10.3 Å². The summed E-state index contributed by atoms with van der Waals surface area (Å²) >= 11 is 6.05. The van der Waals surface area contributed by atoms with Gasteiger partial charge in [-0.2, -0.15) is 5.10 Å². The van der Waals surface area contributed by atoms with E-state index in [2.05, 4.69) is 10.5 Å². The van der Waals surface area contributed by atoms with E-state index in [4.69, 9.17) is 11.6 Å². The van der Waals surface area contributed by atoms with Gasteiger partial charge in [0.15, 0.2) is 0 Å². The van der Waals surface area contributed by atoms with Gasteiger partial charge >= 0.3 is 0 Å². The van der Waals surface area contributed by atoms with Crippen LogP contribution in [-0.4, -0.2) is 28.9 Å². The smallest absolute Gasteiger partial charge is 0.274 e. The standard InChI is InChI=1S/C33H23ClN4O5/c34-20-14-15-25(26(17-20)38(42)43)37-31(40)29-28-21-10-4-6-12-23(21)33(30(29)32(37)41,24-13-7-5-11-22(24)28)18-35-36-27(39)16-19-8-2-1-3-9-19/h1-15,17-18,28-30H,16H2,(H,36,39)/b35-18-/t28?,29-,30-,33?/m1/s1. The molecule has 1 aliphatic heterocycles. The van der Waals surface area contributed by atoms with Gasteiger partial charge in [0.05, 0.1) is 28.6 Å². The molecule has 1 saturated heterocycles. The molecule has 0 unspecified atom stereocenters. The molecule has 0 spiro atoms. The lowest BCUT2D eigenvalue weighted by Gasteiger charge is -2.52. The highest BCUT2D eigenvalue weighted by molar-refractivity contribution is 6.31. The van der Waals surface area contributed by atoms with E-state index in [0.29, 0.717) is 0 Å². The topological polar surface area (TPSA) is 122 Å². The largest absolute Gasteiger partial charge is 0.294 e. The Morgan fingerprint density at radius 3 is 2.21 bits per heavy atom. The predicted molar refractivity (Wildman–Crippen MR) is 160 cm³/mol. The summed E-state index contributed by atoms with van der Waals surface area (Å²) in [6.07, 6.45) is 1.67. The van der Waals surface area contributed by atoms with Gasteiger partial charge in [-0.3, -0.25) is 24.5 Å². The number of hydrogen-bond acceptors (Lipinski definition) is 6. The van der Waals surface area contributed by atoms with Crippen LogP contribution in [0.2, 0.25) is 5.02 Å².